The average Bonchev–Trinajstić information content (AvgIpc) is 2.90. The smallest absolute Gasteiger partial charge is 0.275 e. The summed E-state index contributed by atoms with van der Waals surface area (Å²) < 4.78 is 62.9. The SMILES string of the molecule is Cn1cc(-c2ccc(CNS(=O)(=O)CCC(F)(F)F)cn2)cn1. The van der Waals surface area contributed by atoms with Crippen molar-refractivity contribution in [3.63, 3.8) is 0 Å². The summed E-state index contributed by atoms with van der Waals surface area (Å²) in [5.41, 5.74) is 2.03. The van der Waals surface area contributed by atoms with Crippen LogP contribution in [0.25, 0.3) is 11.3 Å². The number of hydrogen-bond donors (Lipinski definition) is 1. The van der Waals surface area contributed by atoms with Gasteiger partial charge in [-0.05, 0) is 11.6 Å². The zero-order valence-electron chi connectivity index (χ0n) is 12.2. The van der Waals surface area contributed by atoms with Gasteiger partial charge < -0.3 is 0 Å². The highest BCUT2D eigenvalue weighted by Gasteiger charge is 2.29. The lowest BCUT2D eigenvalue weighted by Crippen LogP contribution is -2.28. The monoisotopic (exact) mass is 348 g/mol. The maximum atomic E-state index is 12.0. The lowest BCUT2D eigenvalue weighted by molar-refractivity contribution is -0.129. The molecule has 10 heteroatoms. The van der Waals surface area contributed by atoms with Gasteiger partial charge in [-0.3, -0.25) is 9.67 Å². The lowest BCUT2D eigenvalue weighted by Gasteiger charge is -2.09. The van der Waals surface area contributed by atoms with Crippen molar-refractivity contribution in [2.45, 2.75) is 19.1 Å². The molecule has 2 heterocycles. The van der Waals surface area contributed by atoms with Crippen molar-refractivity contribution < 1.29 is 21.6 Å². The fourth-order valence-corrected chi connectivity index (χ4v) is 2.80. The van der Waals surface area contributed by atoms with Gasteiger partial charge >= 0.3 is 6.18 Å². The third-order valence-electron chi connectivity index (χ3n) is 2.98. The first-order chi connectivity index (χ1) is 10.6. The molecule has 0 aromatic carbocycles. The quantitative estimate of drug-likeness (QED) is 0.864. The summed E-state index contributed by atoms with van der Waals surface area (Å²) in [5.74, 6) is -0.988. The first-order valence-electron chi connectivity index (χ1n) is 6.63. The van der Waals surface area contributed by atoms with Gasteiger partial charge in [0.1, 0.15) is 0 Å². The Bertz CT molecular complexity index is 754. The second-order valence-corrected chi connectivity index (χ2v) is 6.89. The molecule has 1 N–H and O–H groups in total. The van der Waals surface area contributed by atoms with Gasteiger partial charge in [-0.25, -0.2) is 13.1 Å². The third kappa shape index (κ3) is 5.64. The maximum Gasteiger partial charge on any atom is 0.390 e. The van der Waals surface area contributed by atoms with Crippen LogP contribution < -0.4 is 4.72 Å². The molecule has 23 heavy (non-hydrogen) atoms. The van der Waals surface area contributed by atoms with Crippen LogP contribution in [0.2, 0.25) is 0 Å². The van der Waals surface area contributed by atoms with Crippen LogP contribution in [0.3, 0.4) is 0 Å². The summed E-state index contributed by atoms with van der Waals surface area (Å²) in [7, 11) is -2.21. The number of sulfonamides is 1. The molecule has 0 aliphatic heterocycles. The summed E-state index contributed by atoms with van der Waals surface area (Å²) in [6, 6.07) is 3.35. The number of nitrogens with one attached hydrogen (secondary N) is 1. The van der Waals surface area contributed by atoms with Crippen molar-refractivity contribution in [3.8, 4) is 11.3 Å². The van der Waals surface area contributed by atoms with Crippen molar-refractivity contribution >= 4 is 10.0 Å². The minimum Gasteiger partial charge on any atom is -0.275 e. The van der Waals surface area contributed by atoms with Gasteiger partial charge in [-0.2, -0.15) is 18.3 Å². The molecule has 0 spiro atoms. The van der Waals surface area contributed by atoms with E-state index in [1.54, 1.807) is 36.3 Å². The predicted octanol–water partition coefficient (Wildman–Crippen LogP) is 1.85. The average molecular weight is 348 g/mol. The molecule has 0 amide bonds. The molecule has 0 fully saturated rings. The molecular formula is C13H15F3N4O2S. The molecule has 6 nitrogen and oxygen atoms in total. The van der Waals surface area contributed by atoms with Gasteiger partial charge in [0.25, 0.3) is 0 Å². The molecule has 0 saturated carbocycles. The normalized spacial score (nSPS) is 12.5. The largest absolute Gasteiger partial charge is 0.390 e. The molecule has 2 rings (SSSR count). The summed E-state index contributed by atoms with van der Waals surface area (Å²) in [5, 5.41) is 4.02. The van der Waals surface area contributed by atoms with E-state index in [4.69, 9.17) is 0 Å². The van der Waals surface area contributed by atoms with E-state index in [0.29, 0.717) is 11.3 Å². The van der Waals surface area contributed by atoms with Crippen molar-refractivity contribution in [2.75, 3.05) is 5.75 Å². The highest BCUT2D eigenvalue weighted by atomic mass is 32.2. The topological polar surface area (TPSA) is 76.9 Å². The van der Waals surface area contributed by atoms with Crippen LogP contribution in [0, 0.1) is 0 Å². The Labute approximate surface area is 131 Å². The number of aryl methyl sites for hydroxylation is 1. The summed E-state index contributed by atoms with van der Waals surface area (Å²) in [6.45, 7) is -0.111. The Kier molecular flexibility index (Phi) is 5.05. The van der Waals surface area contributed by atoms with E-state index in [1.165, 1.54) is 6.20 Å². The highest BCUT2D eigenvalue weighted by molar-refractivity contribution is 7.89. The fourth-order valence-electron chi connectivity index (χ4n) is 1.77. The van der Waals surface area contributed by atoms with Gasteiger partial charge in [-0.15, -0.1) is 0 Å². The lowest BCUT2D eigenvalue weighted by atomic mass is 10.2. The summed E-state index contributed by atoms with van der Waals surface area (Å²) in [4.78, 5) is 4.18. The first-order valence-corrected chi connectivity index (χ1v) is 8.28. The van der Waals surface area contributed by atoms with E-state index in [-0.39, 0.29) is 6.54 Å². The molecule has 0 radical (unpaired) electrons. The maximum absolute atomic E-state index is 12.0. The number of aromatic nitrogens is 3. The third-order valence-corrected chi connectivity index (χ3v) is 4.30. The van der Waals surface area contributed by atoms with Crippen molar-refractivity contribution in [2.24, 2.45) is 7.05 Å². The summed E-state index contributed by atoms with van der Waals surface area (Å²) in [6.07, 6.45) is -0.986. The number of halogens is 3. The first kappa shape index (κ1) is 17.4. The van der Waals surface area contributed by atoms with Gasteiger partial charge in [0.15, 0.2) is 0 Å². The van der Waals surface area contributed by atoms with Crippen LogP contribution in [-0.2, 0) is 23.6 Å². The minimum atomic E-state index is -4.50. The van der Waals surface area contributed by atoms with Gasteiger partial charge in [-0.1, -0.05) is 6.07 Å². The Hall–Kier alpha value is -1.94. The second-order valence-electron chi connectivity index (χ2n) is 4.96. The van der Waals surface area contributed by atoms with E-state index in [2.05, 4.69) is 14.8 Å². The van der Waals surface area contributed by atoms with Crippen LogP contribution in [0.5, 0.6) is 0 Å². The number of pyridine rings is 1. The van der Waals surface area contributed by atoms with E-state index < -0.39 is 28.4 Å². The minimum absolute atomic E-state index is 0.111. The summed E-state index contributed by atoms with van der Waals surface area (Å²) >= 11 is 0. The molecule has 0 bridgehead atoms. The zero-order chi connectivity index (χ0) is 17.1. The second kappa shape index (κ2) is 6.67. The fraction of sp³-hybridized carbons (Fsp3) is 0.385. The Morgan fingerprint density at radius 1 is 1.26 bits per heavy atom. The number of rotatable bonds is 6. The van der Waals surface area contributed by atoms with Crippen LogP contribution in [0.4, 0.5) is 13.2 Å². The van der Waals surface area contributed by atoms with E-state index in [1.807, 2.05) is 0 Å². The van der Waals surface area contributed by atoms with Crippen molar-refractivity contribution in [1.82, 2.24) is 19.5 Å². The molecule has 0 atom stereocenters. The van der Waals surface area contributed by atoms with E-state index >= 15 is 0 Å². The van der Waals surface area contributed by atoms with E-state index in [0.717, 1.165) is 5.56 Å². The zero-order valence-corrected chi connectivity index (χ0v) is 13.0. The number of hydrogen-bond acceptors (Lipinski definition) is 4. The molecule has 0 aliphatic carbocycles. The Morgan fingerprint density at radius 3 is 2.52 bits per heavy atom. The van der Waals surface area contributed by atoms with Crippen LogP contribution >= 0.6 is 0 Å². The molecule has 2 aromatic rings. The molecule has 0 saturated heterocycles. The van der Waals surface area contributed by atoms with Crippen LogP contribution in [0.15, 0.2) is 30.7 Å². The van der Waals surface area contributed by atoms with Crippen molar-refractivity contribution in [1.29, 1.82) is 0 Å². The van der Waals surface area contributed by atoms with Gasteiger partial charge in [0, 0.05) is 31.5 Å². The van der Waals surface area contributed by atoms with Crippen LogP contribution in [-0.4, -0.2) is 35.1 Å². The molecular weight excluding hydrogens is 333 g/mol. The van der Waals surface area contributed by atoms with Gasteiger partial charge in [0.05, 0.1) is 24.1 Å². The molecule has 2 aromatic heterocycles. The number of alkyl halides is 3. The van der Waals surface area contributed by atoms with Gasteiger partial charge in [0.2, 0.25) is 10.0 Å². The standard InChI is InChI=1S/C13H15F3N4O2S/c1-20-9-11(8-18-20)12-3-2-10(6-17-12)7-19-23(21,22)5-4-13(14,15)16/h2-3,6,8-9,19H,4-5,7H2,1H3. The number of nitrogens with zero attached hydrogens (tertiary/aromatic N) is 3. The predicted molar refractivity (Wildman–Crippen MR) is 77.7 cm³/mol. The Balaban J connectivity index is 1.93. The Morgan fingerprint density at radius 2 is 2.00 bits per heavy atom. The highest BCUT2D eigenvalue weighted by Crippen LogP contribution is 2.20. The van der Waals surface area contributed by atoms with Crippen LogP contribution in [0.1, 0.15) is 12.0 Å². The molecule has 0 aliphatic rings. The molecule has 0 unspecified atom stereocenters. The van der Waals surface area contributed by atoms with Crippen molar-refractivity contribution in [3.05, 3.63) is 36.3 Å². The molecule has 126 valence electrons. The van der Waals surface area contributed by atoms with E-state index in [9.17, 15) is 21.6 Å².